The third-order valence-corrected chi connectivity index (χ3v) is 9.29. The van der Waals surface area contributed by atoms with E-state index in [0.29, 0.717) is 25.3 Å². The second-order valence-electron chi connectivity index (χ2n) is 7.72. The Morgan fingerprint density at radius 2 is 1.93 bits per heavy atom. The summed E-state index contributed by atoms with van der Waals surface area (Å²) in [6.07, 6.45) is 3.92. The van der Waals surface area contributed by atoms with Gasteiger partial charge in [0.2, 0.25) is 21.8 Å². The fourth-order valence-electron chi connectivity index (χ4n) is 4.27. The normalized spacial score (nSPS) is 28.4. The predicted molar refractivity (Wildman–Crippen MR) is 108 cm³/mol. The van der Waals surface area contributed by atoms with E-state index < -0.39 is 16.1 Å². The van der Waals surface area contributed by atoms with E-state index in [1.54, 1.807) is 34.9 Å². The Bertz CT molecular complexity index is 898. The van der Waals surface area contributed by atoms with E-state index in [0.717, 1.165) is 25.7 Å². The summed E-state index contributed by atoms with van der Waals surface area (Å²) in [6, 6.07) is 5.95. The SMILES string of the molecule is CC12CCC(=O)N1C(C(=O)Nc1ccccc1S(=O)(=O)N1CCCCC1)CS2. The van der Waals surface area contributed by atoms with Crippen molar-refractivity contribution >= 4 is 39.3 Å². The largest absolute Gasteiger partial charge is 0.323 e. The number of rotatable bonds is 4. The van der Waals surface area contributed by atoms with Gasteiger partial charge in [0.05, 0.1) is 10.6 Å². The summed E-state index contributed by atoms with van der Waals surface area (Å²) in [5, 5.41) is 2.80. The summed E-state index contributed by atoms with van der Waals surface area (Å²) in [6.45, 7) is 3.00. The van der Waals surface area contributed by atoms with E-state index in [1.807, 2.05) is 6.92 Å². The third-order valence-electron chi connectivity index (χ3n) is 5.83. The molecule has 1 N–H and O–H groups in total. The Morgan fingerprint density at radius 1 is 1.21 bits per heavy atom. The van der Waals surface area contributed by atoms with E-state index in [4.69, 9.17) is 0 Å². The number of nitrogens with one attached hydrogen (secondary N) is 1. The molecule has 0 spiro atoms. The molecular formula is C19H25N3O4S2. The van der Waals surface area contributed by atoms with Crippen LogP contribution in [0.15, 0.2) is 29.2 Å². The number of fused-ring (bicyclic) bond motifs is 1. The number of sulfonamides is 1. The van der Waals surface area contributed by atoms with Crippen LogP contribution in [-0.4, -0.2) is 59.2 Å². The fraction of sp³-hybridized carbons (Fsp3) is 0.579. The van der Waals surface area contributed by atoms with Crippen LogP contribution in [0, 0.1) is 0 Å². The van der Waals surface area contributed by atoms with Crippen molar-refractivity contribution in [3.05, 3.63) is 24.3 Å². The summed E-state index contributed by atoms with van der Waals surface area (Å²) in [7, 11) is -3.67. The molecule has 2 amide bonds. The van der Waals surface area contributed by atoms with E-state index in [9.17, 15) is 18.0 Å². The van der Waals surface area contributed by atoms with Gasteiger partial charge < -0.3 is 10.2 Å². The highest BCUT2D eigenvalue weighted by Crippen LogP contribution is 2.47. The van der Waals surface area contributed by atoms with Crippen molar-refractivity contribution < 1.29 is 18.0 Å². The lowest BCUT2D eigenvalue weighted by Gasteiger charge is -2.30. The monoisotopic (exact) mass is 423 g/mol. The minimum atomic E-state index is -3.67. The molecule has 0 radical (unpaired) electrons. The molecule has 0 aromatic heterocycles. The minimum absolute atomic E-state index is 0.0122. The van der Waals surface area contributed by atoms with Crippen LogP contribution in [0.25, 0.3) is 0 Å². The Labute approximate surface area is 169 Å². The number of nitrogens with zero attached hydrogens (tertiary/aromatic N) is 2. The number of hydrogen-bond acceptors (Lipinski definition) is 5. The zero-order valence-electron chi connectivity index (χ0n) is 15.9. The molecular weight excluding hydrogens is 398 g/mol. The maximum Gasteiger partial charge on any atom is 0.248 e. The van der Waals surface area contributed by atoms with Crippen molar-refractivity contribution in [1.82, 2.24) is 9.21 Å². The second-order valence-corrected chi connectivity index (χ2v) is 11.1. The molecule has 3 heterocycles. The van der Waals surface area contributed by atoms with Gasteiger partial charge in [-0.3, -0.25) is 9.59 Å². The minimum Gasteiger partial charge on any atom is -0.323 e. The number of thioether (sulfide) groups is 1. The number of carbonyl (C=O) groups is 2. The zero-order chi connectivity index (χ0) is 19.9. The lowest BCUT2D eigenvalue weighted by Crippen LogP contribution is -2.48. The molecule has 3 fully saturated rings. The molecule has 3 saturated heterocycles. The summed E-state index contributed by atoms with van der Waals surface area (Å²) < 4.78 is 27.7. The first-order valence-corrected chi connectivity index (χ1v) is 12.1. The van der Waals surface area contributed by atoms with Gasteiger partial charge in [0.25, 0.3) is 0 Å². The summed E-state index contributed by atoms with van der Waals surface area (Å²) in [5.74, 6) is 0.185. The van der Waals surface area contributed by atoms with E-state index >= 15 is 0 Å². The quantitative estimate of drug-likeness (QED) is 0.803. The molecule has 1 aromatic rings. The molecule has 0 bridgehead atoms. The summed E-state index contributed by atoms with van der Waals surface area (Å²) in [5.41, 5.74) is 0.281. The average molecular weight is 424 g/mol. The van der Waals surface area contributed by atoms with Crippen LogP contribution in [0.2, 0.25) is 0 Å². The number of benzene rings is 1. The Morgan fingerprint density at radius 3 is 2.68 bits per heavy atom. The lowest BCUT2D eigenvalue weighted by atomic mass is 10.2. The van der Waals surface area contributed by atoms with Gasteiger partial charge in [0.15, 0.2) is 0 Å². The Kier molecular flexibility index (Phi) is 5.18. The van der Waals surface area contributed by atoms with E-state index in [-0.39, 0.29) is 27.3 Å². The molecule has 0 saturated carbocycles. The topological polar surface area (TPSA) is 86.8 Å². The lowest BCUT2D eigenvalue weighted by molar-refractivity contribution is -0.135. The molecule has 2 unspecified atom stereocenters. The average Bonchev–Trinajstić information content (AvgIpc) is 3.19. The zero-order valence-corrected chi connectivity index (χ0v) is 17.5. The highest BCUT2D eigenvalue weighted by atomic mass is 32.2. The molecule has 3 aliphatic rings. The van der Waals surface area contributed by atoms with Crippen molar-refractivity contribution in [3.63, 3.8) is 0 Å². The number of anilines is 1. The smallest absolute Gasteiger partial charge is 0.248 e. The molecule has 152 valence electrons. The van der Waals surface area contributed by atoms with Crippen molar-refractivity contribution in [2.24, 2.45) is 0 Å². The van der Waals surface area contributed by atoms with Crippen molar-refractivity contribution in [1.29, 1.82) is 0 Å². The van der Waals surface area contributed by atoms with Gasteiger partial charge in [-0.25, -0.2) is 8.42 Å². The Hall–Kier alpha value is -1.58. The molecule has 1 aromatic carbocycles. The third kappa shape index (κ3) is 3.33. The molecule has 9 heteroatoms. The maximum absolute atomic E-state index is 13.1. The number of carbonyl (C=O) groups excluding carboxylic acids is 2. The van der Waals surface area contributed by atoms with E-state index in [2.05, 4.69) is 5.32 Å². The molecule has 7 nitrogen and oxygen atoms in total. The molecule has 0 aliphatic carbocycles. The van der Waals surface area contributed by atoms with Crippen molar-refractivity contribution in [3.8, 4) is 0 Å². The van der Waals surface area contributed by atoms with Gasteiger partial charge in [-0.15, -0.1) is 11.8 Å². The van der Waals surface area contributed by atoms with Crippen molar-refractivity contribution in [2.75, 3.05) is 24.2 Å². The number of piperidine rings is 1. The van der Waals surface area contributed by atoms with Crippen LogP contribution in [-0.2, 0) is 19.6 Å². The van der Waals surface area contributed by atoms with Crippen LogP contribution in [0.3, 0.4) is 0 Å². The van der Waals surface area contributed by atoms with Gasteiger partial charge in [-0.2, -0.15) is 4.31 Å². The second kappa shape index (κ2) is 7.35. The predicted octanol–water partition coefficient (Wildman–Crippen LogP) is 2.25. The highest BCUT2D eigenvalue weighted by Gasteiger charge is 2.53. The van der Waals surface area contributed by atoms with Gasteiger partial charge in [-0.05, 0) is 38.3 Å². The fourth-order valence-corrected chi connectivity index (χ4v) is 7.37. The van der Waals surface area contributed by atoms with Gasteiger partial charge >= 0.3 is 0 Å². The number of para-hydroxylation sites is 1. The van der Waals surface area contributed by atoms with Gasteiger partial charge in [-0.1, -0.05) is 18.6 Å². The standard InChI is InChI=1S/C19H25N3O4S2/c1-19-10-9-17(23)22(19)15(13-27-19)18(24)20-14-7-3-4-8-16(14)28(25,26)21-11-5-2-6-12-21/h3-4,7-8,15H,2,5-6,9-13H2,1H3,(H,20,24). The van der Waals surface area contributed by atoms with E-state index in [1.165, 1.54) is 10.4 Å². The Balaban J connectivity index is 1.58. The number of hydrogen-bond donors (Lipinski definition) is 1. The number of amides is 2. The van der Waals surface area contributed by atoms with Crippen LogP contribution < -0.4 is 5.32 Å². The van der Waals surface area contributed by atoms with Crippen molar-refractivity contribution in [2.45, 2.75) is 54.8 Å². The molecule has 28 heavy (non-hydrogen) atoms. The first-order chi connectivity index (χ1) is 13.3. The van der Waals surface area contributed by atoms with Crippen LogP contribution in [0.1, 0.15) is 39.0 Å². The van der Waals surface area contributed by atoms with Crippen LogP contribution in [0.5, 0.6) is 0 Å². The summed E-state index contributed by atoms with van der Waals surface area (Å²) in [4.78, 5) is 26.7. The maximum atomic E-state index is 13.1. The van der Waals surface area contributed by atoms with Crippen LogP contribution >= 0.6 is 11.8 Å². The molecule has 3 aliphatic heterocycles. The molecule has 4 rings (SSSR count). The first kappa shape index (κ1) is 19.7. The van der Waals surface area contributed by atoms with Gasteiger partial charge in [0, 0.05) is 25.3 Å². The van der Waals surface area contributed by atoms with Gasteiger partial charge in [0.1, 0.15) is 10.9 Å². The van der Waals surface area contributed by atoms with Crippen LogP contribution in [0.4, 0.5) is 5.69 Å². The molecule has 2 atom stereocenters. The summed E-state index contributed by atoms with van der Waals surface area (Å²) >= 11 is 1.62. The first-order valence-electron chi connectivity index (χ1n) is 9.69. The highest BCUT2D eigenvalue weighted by molar-refractivity contribution is 8.01.